The lowest BCUT2D eigenvalue weighted by molar-refractivity contribution is -0.0812. The van der Waals surface area contributed by atoms with Gasteiger partial charge in [0, 0.05) is 5.92 Å². The molecule has 3 rings (SSSR count). The third-order valence-corrected chi connectivity index (χ3v) is 4.99. The SMILES string of the molecule is CC[C@@]1(CCl)O[C@@H](n2cnc3c(=O)[nH]c(N)nc32)[C@@H](O)[C@@H]1C. The zero-order valence-corrected chi connectivity index (χ0v) is 13.0. The van der Waals surface area contributed by atoms with E-state index in [0.717, 1.165) is 0 Å². The van der Waals surface area contributed by atoms with E-state index in [1.54, 1.807) is 0 Å². The smallest absolute Gasteiger partial charge is 0.280 e. The molecule has 1 fully saturated rings. The average Bonchev–Trinajstić information content (AvgIpc) is 3.01. The average molecular weight is 328 g/mol. The van der Waals surface area contributed by atoms with E-state index in [9.17, 15) is 9.90 Å². The van der Waals surface area contributed by atoms with E-state index in [2.05, 4.69) is 15.0 Å². The topological polar surface area (TPSA) is 119 Å². The molecule has 120 valence electrons. The lowest BCUT2D eigenvalue weighted by atomic mass is 9.86. The molecule has 0 radical (unpaired) electrons. The van der Waals surface area contributed by atoms with E-state index in [1.807, 2.05) is 13.8 Å². The lowest BCUT2D eigenvalue weighted by Crippen LogP contribution is -2.37. The normalized spacial score (nSPS) is 31.9. The predicted octanol–water partition coefficient (Wildman–Crippen LogP) is 0.615. The maximum absolute atomic E-state index is 11.8. The van der Waals surface area contributed by atoms with Crippen molar-refractivity contribution in [1.82, 2.24) is 19.5 Å². The summed E-state index contributed by atoms with van der Waals surface area (Å²) in [6.45, 7) is 3.85. The minimum Gasteiger partial charge on any atom is -0.388 e. The molecule has 9 heteroatoms. The molecule has 8 nitrogen and oxygen atoms in total. The van der Waals surface area contributed by atoms with Crippen LogP contribution in [0.5, 0.6) is 0 Å². The summed E-state index contributed by atoms with van der Waals surface area (Å²) in [6.07, 6.45) is 0.576. The largest absolute Gasteiger partial charge is 0.388 e. The Labute approximate surface area is 131 Å². The summed E-state index contributed by atoms with van der Waals surface area (Å²) in [5.41, 5.74) is 4.95. The number of nitrogens with zero attached hydrogens (tertiary/aromatic N) is 3. The fraction of sp³-hybridized carbons (Fsp3) is 0.615. The summed E-state index contributed by atoms with van der Waals surface area (Å²) in [5.74, 6) is 0.0803. The third-order valence-electron chi connectivity index (χ3n) is 4.54. The number of nitrogens with two attached hydrogens (primary N) is 1. The van der Waals surface area contributed by atoms with Crippen molar-refractivity contribution in [2.75, 3.05) is 11.6 Å². The second kappa shape index (κ2) is 5.22. The number of aliphatic hydroxyl groups is 1. The first-order chi connectivity index (χ1) is 10.4. The number of nitrogen functional groups attached to an aromatic ring is 1. The zero-order chi connectivity index (χ0) is 16.1. The molecule has 4 N–H and O–H groups in total. The van der Waals surface area contributed by atoms with Crippen molar-refractivity contribution in [3.8, 4) is 0 Å². The van der Waals surface area contributed by atoms with E-state index in [0.29, 0.717) is 6.42 Å². The van der Waals surface area contributed by atoms with Crippen LogP contribution in [0.2, 0.25) is 0 Å². The summed E-state index contributed by atoms with van der Waals surface area (Å²) in [5, 5.41) is 10.5. The van der Waals surface area contributed by atoms with Gasteiger partial charge in [0.05, 0.1) is 17.8 Å². The molecule has 2 aromatic heterocycles. The van der Waals surface area contributed by atoms with Gasteiger partial charge < -0.3 is 15.6 Å². The van der Waals surface area contributed by atoms with Gasteiger partial charge in [-0.2, -0.15) is 4.98 Å². The number of H-pyrrole nitrogens is 1. The summed E-state index contributed by atoms with van der Waals surface area (Å²) in [7, 11) is 0. The standard InChI is InChI=1S/C13H18ClN5O3/c1-3-13(4-14)6(2)8(20)11(22-13)19-5-16-7-9(19)17-12(15)18-10(7)21/h5-6,8,11,20H,3-4H2,1-2H3,(H3,15,17,18,21)/t6-,8-,11+,13-/m0/s1. The first-order valence-electron chi connectivity index (χ1n) is 7.07. The van der Waals surface area contributed by atoms with Crippen LogP contribution in [0, 0.1) is 5.92 Å². The van der Waals surface area contributed by atoms with Crippen LogP contribution in [0.1, 0.15) is 26.5 Å². The summed E-state index contributed by atoms with van der Waals surface area (Å²) in [4.78, 5) is 22.4. The summed E-state index contributed by atoms with van der Waals surface area (Å²) >= 11 is 6.07. The number of fused-ring (bicyclic) bond motifs is 1. The van der Waals surface area contributed by atoms with Crippen LogP contribution in [0.3, 0.4) is 0 Å². The number of aromatic amines is 1. The fourth-order valence-corrected chi connectivity index (χ4v) is 3.47. The van der Waals surface area contributed by atoms with Crippen molar-refractivity contribution < 1.29 is 9.84 Å². The zero-order valence-electron chi connectivity index (χ0n) is 12.3. The van der Waals surface area contributed by atoms with Gasteiger partial charge in [0.1, 0.15) is 6.10 Å². The molecule has 0 spiro atoms. The van der Waals surface area contributed by atoms with Crippen molar-refractivity contribution in [2.24, 2.45) is 5.92 Å². The van der Waals surface area contributed by atoms with Gasteiger partial charge in [-0.15, -0.1) is 11.6 Å². The van der Waals surface area contributed by atoms with Crippen LogP contribution in [0.15, 0.2) is 11.1 Å². The Morgan fingerprint density at radius 2 is 2.36 bits per heavy atom. The molecule has 0 aliphatic carbocycles. The maximum Gasteiger partial charge on any atom is 0.280 e. The molecule has 0 unspecified atom stereocenters. The van der Waals surface area contributed by atoms with Crippen LogP contribution in [0.4, 0.5) is 5.95 Å². The van der Waals surface area contributed by atoms with Gasteiger partial charge in [0.2, 0.25) is 5.95 Å². The number of aliphatic hydroxyl groups excluding tert-OH is 1. The van der Waals surface area contributed by atoms with Crippen molar-refractivity contribution in [3.05, 3.63) is 16.7 Å². The number of anilines is 1. The van der Waals surface area contributed by atoms with Crippen LogP contribution in [-0.4, -0.2) is 42.2 Å². The number of halogens is 1. The van der Waals surface area contributed by atoms with Gasteiger partial charge in [-0.3, -0.25) is 14.3 Å². The Bertz CT molecular complexity index is 754. The Hall–Kier alpha value is -1.64. The fourth-order valence-electron chi connectivity index (χ4n) is 2.98. The molecule has 1 saturated heterocycles. The van der Waals surface area contributed by atoms with E-state index in [1.165, 1.54) is 10.9 Å². The Balaban J connectivity index is 2.11. The van der Waals surface area contributed by atoms with Gasteiger partial charge in [0.25, 0.3) is 5.56 Å². The Morgan fingerprint density at radius 1 is 1.64 bits per heavy atom. The Kier molecular flexibility index (Phi) is 3.62. The monoisotopic (exact) mass is 327 g/mol. The number of imidazole rings is 1. The van der Waals surface area contributed by atoms with E-state index in [-0.39, 0.29) is 28.9 Å². The minimum absolute atomic E-state index is 0.0149. The first kappa shape index (κ1) is 15.3. The highest BCUT2D eigenvalue weighted by Gasteiger charge is 2.51. The minimum atomic E-state index is -0.793. The molecule has 0 aromatic carbocycles. The molecule has 2 aromatic rings. The second-order valence-electron chi connectivity index (χ2n) is 5.61. The summed E-state index contributed by atoms with van der Waals surface area (Å²) < 4.78 is 7.59. The molecule has 0 saturated carbocycles. The maximum atomic E-state index is 11.8. The highest BCUT2D eigenvalue weighted by Crippen LogP contribution is 2.44. The predicted molar refractivity (Wildman–Crippen MR) is 81.6 cm³/mol. The molecule has 1 aliphatic rings. The second-order valence-corrected chi connectivity index (χ2v) is 5.88. The molecule has 4 atom stereocenters. The number of nitrogens with one attached hydrogen (secondary N) is 1. The van der Waals surface area contributed by atoms with Crippen LogP contribution in [0.25, 0.3) is 11.2 Å². The van der Waals surface area contributed by atoms with E-state index >= 15 is 0 Å². The lowest BCUT2D eigenvalue weighted by Gasteiger charge is -2.29. The molecule has 22 heavy (non-hydrogen) atoms. The van der Waals surface area contributed by atoms with E-state index in [4.69, 9.17) is 22.1 Å². The number of rotatable bonds is 3. The molecule has 1 aliphatic heterocycles. The Morgan fingerprint density at radius 3 is 2.95 bits per heavy atom. The van der Waals surface area contributed by atoms with Crippen molar-refractivity contribution in [1.29, 1.82) is 0 Å². The quantitative estimate of drug-likeness (QED) is 0.711. The molecule has 0 amide bonds. The van der Waals surface area contributed by atoms with Crippen molar-refractivity contribution >= 4 is 28.7 Å². The number of hydrogen-bond acceptors (Lipinski definition) is 6. The van der Waals surface area contributed by atoms with Gasteiger partial charge in [-0.25, -0.2) is 4.98 Å². The highest BCUT2D eigenvalue weighted by molar-refractivity contribution is 6.18. The highest BCUT2D eigenvalue weighted by atomic mass is 35.5. The molecular weight excluding hydrogens is 310 g/mol. The van der Waals surface area contributed by atoms with Gasteiger partial charge in [-0.05, 0) is 6.42 Å². The van der Waals surface area contributed by atoms with Crippen molar-refractivity contribution in [3.63, 3.8) is 0 Å². The van der Waals surface area contributed by atoms with Crippen LogP contribution < -0.4 is 11.3 Å². The molecule has 0 bridgehead atoms. The number of hydrogen-bond donors (Lipinski definition) is 3. The van der Waals surface area contributed by atoms with Crippen molar-refractivity contribution in [2.45, 2.75) is 38.2 Å². The number of alkyl halides is 1. The summed E-state index contributed by atoms with van der Waals surface area (Å²) in [6, 6.07) is 0. The van der Waals surface area contributed by atoms with Crippen LogP contribution in [-0.2, 0) is 4.74 Å². The first-order valence-corrected chi connectivity index (χ1v) is 7.61. The number of aromatic nitrogens is 4. The number of ether oxygens (including phenoxy) is 1. The molecular formula is C13H18ClN5O3. The van der Waals surface area contributed by atoms with E-state index < -0.39 is 23.5 Å². The van der Waals surface area contributed by atoms with Gasteiger partial charge in [0.15, 0.2) is 17.4 Å². The van der Waals surface area contributed by atoms with Crippen LogP contribution >= 0.6 is 11.6 Å². The third kappa shape index (κ3) is 2.02. The molecule has 3 heterocycles. The van der Waals surface area contributed by atoms with Gasteiger partial charge >= 0.3 is 0 Å². The van der Waals surface area contributed by atoms with Gasteiger partial charge in [-0.1, -0.05) is 13.8 Å².